The van der Waals surface area contributed by atoms with Gasteiger partial charge in [0.15, 0.2) is 0 Å². The molecule has 0 spiro atoms. The molecule has 1 amide bonds. The van der Waals surface area contributed by atoms with E-state index in [9.17, 15) is 14.7 Å². The smallest absolute Gasteiger partial charge is 0.345 e. The average Bonchev–Trinajstić information content (AvgIpc) is 3.35. The van der Waals surface area contributed by atoms with E-state index in [-0.39, 0.29) is 5.91 Å². The SMILES string of the molecule is CCCCC[C@H](O)c1ccc(N2C(=O)CCN2CCCc2ccc(C(=O)O)s2)cc1. The molecule has 1 aliphatic heterocycles. The van der Waals surface area contributed by atoms with E-state index in [0.717, 1.165) is 61.2 Å². The van der Waals surface area contributed by atoms with Crippen molar-refractivity contribution in [2.45, 2.75) is 58.0 Å². The molecule has 1 saturated heterocycles. The molecule has 2 N–H and O–H groups in total. The van der Waals surface area contributed by atoms with Crippen molar-refractivity contribution in [2.75, 3.05) is 18.1 Å². The summed E-state index contributed by atoms with van der Waals surface area (Å²) < 4.78 is 0. The predicted octanol–water partition coefficient (Wildman–Crippen LogP) is 4.65. The van der Waals surface area contributed by atoms with Gasteiger partial charge in [-0.1, -0.05) is 38.3 Å². The van der Waals surface area contributed by atoms with Gasteiger partial charge in [-0.25, -0.2) is 14.8 Å². The Morgan fingerprint density at radius 3 is 2.57 bits per heavy atom. The molecule has 0 aliphatic carbocycles. The second kappa shape index (κ2) is 10.7. The van der Waals surface area contributed by atoms with E-state index >= 15 is 0 Å². The van der Waals surface area contributed by atoms with Gasteiger partial charge in [0.25, 0.3) is 0 Å². The number of aryl methyl sites for hydroxylation is 1. The number of aliphatic hydroxyl groups excluding tert-OH is 1. The van der Waals surface area contributed by atoms with Crippen molar-refractivity contribution < 1.29 is 19.8 Å². The quantitative estimate of drug-likeness (QED) is 0.507. The topological polar surface area (TPSA) is 81.1 Å². The van der Waals surface area contributed by atoms with Crippen molar-refractivity contribution in [1.82, 2.24) is 5.01 Å². The molecular weight excluding hydrogens is 400 g/mol. The van der Waals surface area contributed by atoms with Crippen LogP contribution >= 0.6 is 11.3 Å². The number of carbonyl (C=O) groups excluding carboxylic acids is 1. The average molecular weight is 431 g/mol. The molecule has 0 saturated carbocycles. The zero-order chi connectivity index (χ0) is 21.5. The Hall–Kier alpha value is -2.22. The molecule has 1 atom stereocenters. The molecule has 30 heavy (non-hydrogen) atoms. The van der Waals surface area contributed by atoms with Gasteiger partial charge < -0.3 is 10.2 Å². The first-order valence-electron chi connectivity index (χ1n) is 10.7. The second-order valence-electron chi connectivity index (χ2n) is 7.69. The number of thiophene rings is 1. The van der Waals surface area contributed by atoms with Crippen molar-refractivity contribution >= 4 is 28.9 Å². The zero-order valence-corrected chi connectivity index (χ0v) is 18.2. The highest BCUT2D eigenvalue weighted by Crippen LogP contribution is 2.27. The molecule has 7 heteroatoms. The Morgan fingerprint density at radius 2 is 1.90 bits per heavy atom. The summed E-state index contributed by atoms with van der Waals surface area (Å²) in [6.07, 6.45) is 5.68. The highest BCUT2D eigenvalue weighted by molar-refractivity contribution is 7.13. The van der Waals surface area contributed by atoms with Crippen LogP contribution in [0.15, 0.2) is 36.4 Å². The van der Waals surface area contributed by atoms with Gasteiger partial charge in [-0.3, -0.25) is 4.79 Å². The molecule has 162 valence electrons. The number of benzene rings is 1. The van der Waals surface area contributed by atoms with Crippen molar-refractivity contribution in [2.24, 2.45) is 0 Å². The maximum atomic E-state index is 12.5. The molecule has 1 aromatic carbocycles. The molecule has 6 nitrogen and oxygen atoms in total. The number of carbonyl (C=O) groups is 2. The number of unbranched alkanes of at least 4 members (excludes halogenated alkanes) is 2. The van der Waals surface area contributed by atoms with Crippen LogP contribution in [-0.2, 0) is 11.2 Å². The van der Waals surface area contributed by atoms with Gasteiger partial charge in [0.1, 0.15) is 4.88 Å². The van der Waals surface area contributed by atoms with Gasteiger partial charge in [-0.05, 0) is 49.1 Å². The van der Waals surface area contributed by atoms with Crippen LogP contribution in [0.25, 0.3) is 0 Å². The van der Waals surface area contributed by atoms with Crippen LogP contribution in [0.1, 0.15) is 71.7 Å². The fourth-order valence-electron chi connectivity index (χ4n) is 3.76. The number of aliphatic hydroxyl groups is 1. The summed E-state index contributed by atoms with van der Waals surface area (Å²) in [5, 5.41) is 23.2. The molecule has 3 rings (SSSR count). The lowest BCUT2D eigenvalue weighted by molar-refractivity contribution is -0.118. The minimum Gasteiger partial charge on any atom is -0.477 e. The van der Waals surface area contributed by atoms with Gasteiger partial charge in [-0.15, -0.1) is 11.3 Å². The number of carboxylic acids is 1. The number of aromatic carboxylic acids is 1. The first kappa shape index (κ1) is 22.5. The van der Waals surface area contributed by atoms with Crippen molar-refractivity contribution in [3.8, 4) is 0 Å². The maximum absolute atomic E-state index is 12.5. The highest BCUT2D eigenvalue weighted by atomic mass is 32.1. The summed E-state index contributed by atoms with van der Waals surface area (Å²) in [7, 11) is 0. The normalized spacial score (nSPS) is 15.7. The number of amides is 1. The largest absolute Gasteiger partial charge is 0.477 e. The molecule has 0 bridgehead atoms. The Labute approximate surface area is 181 Å². The zero-order valence-electron chi connectivity index (χ0n) is 17.4. The first-order chi connectivity index (χ1) is 14.5. The molecule has 0 radical (unpaired) electrons. The third-order valence-corrected chi connectivity index (χ3v) is 6.55. The predicted molar refractivity (Wildman–Crippen MR) is 119 cm³/mol. The molecular formula is C23H30N2O4S. The molecule has 1 fully saturated rings. The molecule has 2 heterocycles. The van der Waals surface area contributed by atoms with Crippen LogP contribution in [0.3, 0.4) is 0 Å². The number of hydrazine groups is 1. The van der Waals surface area contributed by atoms with Crippen molar-refractivity contribution in [1.29, 1.82) is 0 Å². The summed E-state index contributed by atoms with van der Waals surface area (Å²) in [4.78, 5) is 24.9. The van der Waals surface area contributed by atoms with Crippen LogP contribution in [0.5, 0.6) is 0 Å². The Morgan fingerprint density at radius 1 is 1.13 bits per heavy atom. The fourth-order valence-corrected chi connectivity index (χ4v) is 4.65. The van der Waals surface area contributed by atoms with Gasteiger partial charge in [0, 0.05) is 24.4 Å². The highest BCUT2D eigenvalue weighted by Gasteiger charge is 2.29. The van der Waals surface area contributed by atoms with Crippen molar-refractivity contribution in [3.63, 3.8) is 0 Å². The molecule has 2 aromatic rings. The lowest BCUT2D eigenvalue weighted by Crippen LogP contribution is -2.39. The third-order valence-electron chi connectivity index (χ3n) is 5.42. The van der Waals surface area contributed by atoms with E-state index in [0.29, 0.717) is 17.8 Å². The van der Waals surface area contributed by atoms with Crippen LogP contribution in [0.4, 0.5) is 5.69 Å². The van der Waals surface area contributed by atoms with Crippen LogP contribution in [0, 0.1) is 0 Å². The molecule has 1 aromatic heterocycles. The van der Waals surface area contributed by atoms with Gasteiger partial charge in [0.2, 0.25) is 5.91 Å². The second-order valence-corrected chi connectivity index (χ2v) is 8.86. The van der Waals surface area contributed by atoms with Gasteiger partial charge in [0.05, 0.1) is 11.8 Å². The van der Waals surface area contributed by atoms with E-state index in [1.807, 2.05) is 30.3 Å². The Balaban J connectivity index is 1.56. The maximum Gasteiger partial charge on any atom is 0.345 e. The number of nitrogens with zero attached hydrogens (tertiary/aromatic N) is 2. The number of anilines is 1. The van der Waals surface area contributed by atoms with Crippen LogP contribution in [-0.4, -0.2) is 40.2 Å². The van der Waals surface area contributed by atoms with Crippen LogP contribution in [0.2, 0.25) is 0 Å². The number of rotatable bonds is 11. The summed E-state index contributed by atoms with van der Waals surface area (Å²) >= 11 is 1.31. The van der Waals surface area contributed by atoms with E-state index in [2.05, 4.69) is 11.9 Å². The van der Waals surface area contributed by atoms with E-state index < -0.39 is 12.1 Å². The lowest BCUT2D eigenvalue weighted by atomic mass is 10.0. The fraction of sp³-hybridized carbons (Fsp3) is 0.478. The summed E-state index contributed by atoms with van der Waals surface area (Å²) in [6.45, 7) is 3.56. The Kier molecular flexibility index (Phi) is 8.01. The monoisotopic (exact) mass is 430 g/mol. The standard InChI is InChI=1S/C23H30N2O4S/c1-2-3-4-7-20(26)17-8-10-18(11-9-17)25-22(27)14-16-24(25)15-5-6-19-12-13-21(30-19)23(28)29/h8-13,20,26H,2-7,14-16H2,1H3,(H,28,29)/t20-/m0/s1. The third kappa shape index (κ3) is 5.68. The minimum atomic E-state index is -0.888. The number of hydrogen-bond donors (Lipinski definition) is 2. The molecule has 0 unspecified atom stereocenters. The summed E-state index contributed by atoms with van der Waals surface area (Å²) in [6, 6.07) is 11.2. The van der Waals surface area contributed by atoms with Gasteiger partial charge >= 0.3 is 5.97 Å². The van der Waals surface area contributed by atoms with Crippen molar-refractivity contribution in [3.05, 3.63) is 51.7 Å². The number of hydrogen-bond acceptors (Lipinski definition) is 5. The number of carboxylic acid groups (broad SMARTS) is 1. The molecule has 1 aliphatic rings. The summed E-state index contributed by atoms with van der Waals surface area (Å²) in [5.41, 5.74) is 1.71. The van der Waals surface area contributed by atoms with Gasteiger partial charge in [-0.2, -0.15) is 0 Å². The lowest BCUT2D eigenvalue weighted by Gasteiger charge is -2.28. The summed E-state index contributed by atoms with van der Waals surface area (Å²) in [5.74, 6) is -0.808. The Bertz CT molecular complexity index is 849. The minimum absolute atomic E-state index is 0.0792. The first-order valence-corrected chi connectivity index (χ1v) is 11.5. The van der Waals surface area contributed by atoms with E-state index in [1.165, 1.54) is 11.3 Å². The van der Waals surface area contributed by atoms with E-state index in [4.69, 9.17) is 5.11 Å². The van der Waals surface area contributed by atoms with Crippen LogP contribution < -0.4 is 5.01 Å². The van der Waals surface area contributed by atoms with E-state index in [1.54, 1.807) is 11.1 Å².